The minimum absolute atomic E-state index is 0.0145. The lowest BCUT2D eigenvalue weighted by molar-refractivity contribution is -0.130. The summed E-state index contributed by atoms with van der Waals surface area (Å²) in [5.74, 6) is 0.000254. The Hall–Kier alpha value is -2.94. The fraction of sp³-hybridized carbons (Fsp3) is 0.364. The number of nitrogens with one attached hydrogen (secondary N) is 1. The smallest absolute Gasteiger partial charge is 0.225 e. The van der Waals surface area contributed by atoms with Gasteiger partial charge in [0, 0.05) is 25.6 Å². The second-order valence-corrected chi connectivity index (χ2v) is 10.2. The van der Waals surface area contributed by atoms with Gasteiger partial charge in [0.05, 0.1) is 17.4 Å². The van der Waals surface area contributed by atoms with Crippen LogP contribution in [0.15, 0.2) is 48.5 Å². The molecular formula is C22H23FN2O5S. The highest BCUT2D eigenvalue weighted by atomic mass is 32.2. The maximum Gasteiger partial charge on any atom is 0.225 e. The lowest BCUT2D eigenvalue weighted by atomic mass is 10.1. The maximum atomic E-state index is 13.0. The third-order valence-electron chi connectivity index (χ3n) is 5.62. The lowest BCUT2D eigenvalue weighted by Gasteiger charge is -2.22. The lowest BCUT2D eigenvalue weighted by Crippen LogP contribution is -2.39. The Morgan fingerprint density at radius 1 is 1.10 bits per heavy atom. The number of sulfone groups is 1. The molecule has 0 spiro atoms. The summed E-state index contributed by atoms with van der Waals surface area (Å²) in [5, 5.41) is 2.85. The first-order valence-electron chi connectivity index (χ1n) is 10.1. The number of halogens is 1. The van der Waals surface area contributed by atoms with Crippen LogP contribution in [0.5, 0.6) is 11.5 Å². The van der Waals surface area contributed by atoms with Crippen LogP contribution in [0.3, 0.4) is 0 Å². The van der Waals surface area contributed by atoms with E-state index in [0.717, 1.165) is 5.56 Å². The Morgan fingerprint density at radius 2 is 1.74 bits per heavy atom. The zero-order valence-corrected chi connectivity index (χ0v) is 17.6. The van der Waals surface area contributed by atoms with Gasteiger partial charge < -0.3 is 15.0 Å². The van der Waals surface area contributed by atoms with E-state index in [1.165, 1.54) is 24.3 Å². The van der Waals surface area contributed by atoms with E-state index in [2.05, 4.69) is 5.32 Å². The average Bonchev–Trinajstić information content (AvgIpc) is 3.30. The molecule has 0 saturated carbocycles. The monoisotopic (exact) mass is 446 g/mol. The highest BCUT2D eigenvalue weighted by molar-refractivity contribution is 7.91. The summed E-state index contributed by atoms with van der Waals surface area (Å²) >= 11 is 0. The quantitative estimate of drug-likeness (QED) is 0.735. The molecular weight excluding hydrogens is 423 g/mol. The van der Waals surface area contributed by atoms with Crippen molar-refractivity contribution < 1.29 is 27.1 Å². The van der Waals surface area contributed by atoms with Gasteiger partial charge in [-0.25, -0.2) is 12.8 Å². The van der Waals surface area contributed by atoms with E-state index in [0.29, 0.717) is 24.5 Å². The maximum absolute atomic E-state index is 13.0. The van der Waals surface area contributed by atoms with Crippen LogP contribution in [0.1, 0.15) is 18.4 Å². The summed E-state index contributed by atoms with van der Waals surface area (Å²) in [6.07, 6.45) is 0.543. The summed E-state index contributed by atoms with van der Waals surface area (Å²) in [6.45, 7) is 0.563. The Balaban J connectivity index is 1.28. The number of likely N-dealkylation sites (tertiary alicyclic amines) is 1. The number of nitrogens with zero attached hydrogens (tertiary/aromatic N) is 1. The van der Waals surface area contributed by atoms with E-state index in [4.69, 9.17) is 4.74 Å². The molecule has 0 aliphatic carbocycles. The molecule has 7 nitrogen and oxygen atoms in total. The summed E-state index contributed by atoms with van der Waals surface area (Å²) in [6, 6.07) is 12.5. The fourth-order valence-corrected chi connectivity index (χ4v) is 5.66. The highest BCUT2D eigenvalue weighted by Crippen LogP contribution is 2.26. The number of benzene rings is 2. The predicted octanol–water partition coefficient (Wildman–Crippen LogP) is 2.27. The van der Waals surface area contributed by atoms with Gasteiger partial charge in [0.15, 0.2) is 9.84 Å². The van der Waals surface area contributed by atoms with E-state index >= 15 is 0 Å². The van der Waals surface area contributed by atoms with Gasteiger partial charge in [-0.1, -0.05) is 12.1 Å². The van der Waals surface area contributed by atoms with Crippen molar-refractivity contribution in [1.82, 2.24) is 10.2 Å². The third kappa shape index (κ3) is 5.22. The molecule has 2 aromatic carbocycles. The van der Waals surface area contributed by atoms with Crippen LogP contribution in [0, 0.1) is 11.7 Å². The normalized spacial score (nSPS) is 22.5. The molecule has 2 aliphatic heterocycles. The Labute approximate surface area is 180 Å². The molecule has 2 amide bonds. The largest absolute Gasteiger partial charge is 0.457 e. The van der Waals surface area contributed by atoms with Gasteiger partial charge in [-0.05, 0) is 48.4 Å². The van der Waals surface area contributed by atoms with Crippen molar-refractivity contribution in [2.45, 2.75) is 25.4 Å². The molecule has 2 aromatic rings. The van der Waals surface area contributed by atoms with Crippen LogP contribution < -0.4 is 10.1 Å². The van der Waals surface area contributed by atoms with Crippen molar-refractivity contribution in [1.29, 1.82) is 0 Å². The molecule has 2 atom stereocenters. The molecule has 0 radical (unpaired) electrons. The zero-order valence-electron chi connectivity index (χ0n) is 16.8. The van der Waals surface area contributed by atoms with Gasteiger partial charge in [-0.15, -0.1) is 0 Å². The molecule has 2 heterocycles. The molecule has 0 unspecified atom stereocenters. The minimum atomic E-state index is -3.09. The molecule has 31 heavy (non-hydrogen) atoms. The van der Waals surface area contributed by atoms with Gasteiger partial charge >= 0.3 is 0 Å². The Morgan fingerprint density at radius 3 is 2.35 bits per heavy atom. The van der Waals surface area contributed by atoms with Crippen LogP contribution in [-0.2, 0) is 26.0 Å². The number of carbonyl (C=O) groups excluding carboxylic acids is 2. The molecule has 0 bridgehead atoms. The van der Waals surface area contributed by atoms with Gasteiger partial charge in [0.25, 0.3) is 0 Å². The number of hydrogen-bond donors (Lipinski definition) is 1. The summed E-state index contributed by atoms with van der Waals surface area (Å²) in [4.78, 5) is 26.4. The fourth-order valence-electron chi connectivity index (χ4n) is 3.93. The molecule has 2 fully saturated rings. The van der Waals surface area contributed by atoms with Crippen LogP contribution in [0.25, 0.3) is 0 Å². The second-order valence-electron chi connectivity index (χ2n) is 7.92. The van der Waals surface area contributed by atoms with E-state index in [-0.39, 0.29) is 48.1 Å². The molecule has 164 valence electrons. The molecule has 1 N–H and O–H groups in total. The molecule has 2 saturated heterocycles. The Bertz CT molecular complexity index is 1070. The average molecular weight is 447 g/mol. The van der Waals surface area contributed by atoms with E-state index < -0.39 is 15.8 Å². The van der Waals surface area contributed by atoms with Gasteiger partial charge in [0.2, 0.25) is 11.8 Å². The van der Waals surface area contributed by atoms with Crippen molar-refractivity contribution in [2.75, 3.05) is 18.1 Å². The standard InChI is InChI=1S/C22H23FN2O5S/c23-17-3-7-20(8-4-17)30-19-5-1-15(2-6-19)12-24-22(27)16-11-21(26)25(13-16)18-9-10-31(28,29)14-18/h1-8,16,18H,9-14H2,(H,24,27)/t16-,18+/m1/s1. The van der Waals surface area contributed by atoms with Crippen molar-refractivity contribution in [3.63, 3.8) is 0 Å². The van der Waals surface area contributed by atoms with E-state index in [9.17, 15) is 22.4 Å². The predicted molar refractivity (Wildman–Crippen MR) is 112 cm³/mol. The highest BCUT2D eigenvalue weighted by Gasteiger charge is 2.41. The van der Waals surface area contributed by atoms with Crippen LogP contribution in [0.4, 0.5) is 4.39 Å². The van der Waals surface area contributed by atoms with Crippen LogP contribution in [0.2, 0.25) is 0 Å². The number of hydrogen-bond acceptors (Lipinski definition) is 5. The topological polar surface area (TPSA) is 92.8 Å². The van der Waals surface area contributed by atoms with Crippen molar-refractivity contribution >= 4 is 21.7 Å². The number of rotatable bonds is 6. The summed E-state index contributed by atoms with van der Waals surface area (Å²) < 4.78 is 42.0. The number of amides is 2. The molecule has 9 heteroatoms. The second kappa shape index (κ2) is 8.66. The Kier molecular flexibility index (Phi) is 5.95. The molecule has 0 aromatic heterocycles. The zero-order chi connectivity index (χ0) is 22.0. The minimum Gasteiger partial charge on any atom is -0.457 e. The van der Waals surface area contributed by atoms with Crippen LogP contribution >= 0.6 is 0 Å². The van der Waals surface area contributed by atoms with Crippen molar-refractivity contribution in [3.8, 4) is 11.5 Å². The van der Waals surface area contributed by atoms with Gasteiger partial charge in [0.1, 0.15) is 17.3 Å². The molecule has 4 rings (SSSR count). The van der Waals surface area contributed by atoms with Gasteiger partial charge in [-0.3, -0.25) is 9.59 Å². The third-order valence-corrected chi connectivity index (χ3v) is 7.37. The number of ether oxygens (including phenoxy) is 1. The van der Waals surface area contributed by atoms with E-state index in [1.54, 1.807) is 17.0 Å². The number of carbonyl (C=O) groups is 2. The van der Waals surface area contributed by atoms with Crippen LogP contribution in [-0.4, -0.2) is 49.2 Å². The SMILES string of the molecule is O=C(NCc1ccc(Oc2ccc(F)cc2)cc1)[C@@H]1CC(=O)N([C@H]2CCS(=O)(=O)C2)C1. The molecule has 2 aliphatic rings. The first-order chi connectivity index (χ1) is 14.8. The summed E-state index contributed by atoms with van der Waals surface area (Å²) in [7, 11) is -3.09. The van der Waals surface area contributed by atoms with Crippen molar-refractivity contribution in [2.24, 2.45) is 5.92 Å². The van der Waals surface area contributed by atoms with Gasteiger partial charge in [-0.2, -0.15) is 0 Å². The summed E-state index contributed by atoms with van der Waals surface area (Å²) in [5.41, 5.74) is 0.864. The first kappa shape index (κ1) is 21.3. The first-order valence-corrected chi connectivity index (χ1v) is 11.9. The van der Waals surface area contributed by atoms with E-state index in [1.807, 2.05) is 12.1 Å². The van der Waals surface area contributed by atoms with Crippen molar-refractivity contribution in [3.05, 3.63) is 59.9 Å².